The van der Waals surface area contributed by atoms with Crippen LogP contribution in [0, 0.1) is 5.82 Å². The highest BCUT2D eigenvalue weighted by Gasteiger charge is 2.48. The van der Waals surface area contributed by atoms with E-state index in [-0.39, 0.29) is 11.7 Å². The molecule has 1 amide bonds. The minimum absolute atomic E-state index is 0.167. The van der Waals surface area contributed by atoms with Gasteiger partial charge in [0.15, 0.2) is 35.5 Å². The number of aliphatic imine (C=N–C) groups is 2. The van der Waals surface area contributed by atoms with E-state index in [9.17, 15) is 9.18 Å². The first-order valence-corrected chi connectivity index (χ1v) is 11.6. The van der Waals surface area contributed by atoms with Crippen LogP contribution in [0.2, 0.25) is 0 Å². The molecule has 5 rings (SSSR count). The number of methoxy groups -OCH3 is 1. The van der Waals surface area contributed by atoms with Gasteiger partial charge in [0.05, 0.1) is 18.3 Å². The van der Waals surface area contributed by atoms with Gasteiger partial charge in [-0.2, -0.15) is 0 Å². The zero-order valence-electron chi connectivity index (χ0n) is 20.2. The highest BCUT2D eigenvalue weighted by molar-refractivity contribution is 6.12. The highest BCUT2D eigenvalue weighted by Crippen LogP contribution is 2.40. The minimum Gasteiger partial charge on any atom is -0.491 e. The lowest BCUT2D eigenvalue weighted by atomic mass is 9.84. The van der Waals surface area contributed by atoms with Crippen LogP contribution in [-0.4, -0.2) is 42.7 Å². The fourth-order valence-electron chi connectivity index (χ4n) is 4.79. The molecule has 0 bridgehead atoms. The van der Waals surface area contributed by atoms with Crippen LogP contribution in [0.15, 0.2) is 70.1 Å². The second-order valence-corrected chi connectivity index (χ2v) is 9.14. The number of hydrogen-bond donors (Lipinski definition) is 1. The summed E-state index contributed by atoms with van der Waals surface area (Å²) in [6.45, 7) is 6.21. The Morgan fingerprint density at radius 3 is 2.71 bits per heavy atom. The van der Waals surface area contributed by atoms with Crippen LogP contribution in [0.5, 0.6) is 5.75 Å². The standard InChI is InChI=1S/C27H27FN4O3/c1-17-15-31(16-30-17)22-10-5-19(13-23(22)34-4)14-24-25-29-12-11-27(3,20-6-8-21(28)9-7-20)32(25)26(33)18(2)35-24/h5-10,13-16,18H,11-12H2,1-4H3/p+1. The summed E-state index contributed by atoms with van der Waals surface area (Å²) in [5, 5.41) is 0. The van der Waals surface area contributed by atoms with Crippen LogP contribution in [0.3, 0.4) is 0 Å². The van der Waals surface area contributed by atoms with Crippen LogP contribution in [-0.2, 0) is 15.1 Å². The third-order valence-electron chi connectivity index (χ3n) is 6.73. The fraction of sp³-hybridized carbons (Fsp3) is 0.296. The van der Waals surface area contributed by atoms with E-state index in [0.29, 0.717) is 30.3 Å². The molecule has 8 heteroatoms. The lowest BCUT2D eigenvalue weighted by Gasteiger charge is -2.48. The van der Waals surface area contributed by atoms with Gasteiger partial charge in [-0.25, -0.2) is 14.3 Å². The van der Waals surface area contributed by atoms with E-state index in [0.717, 1.165) is 27.4 Å². The first-order chi connectivity index (χ1) is 16.8. The van der Waals surface area contributed by atoms with Crippen molar-refractivity contribution in [3.05, 3.63) is 77.1 Å². The molecule has 3 heterocycles. The van der Waals surface area contributed by atoms with Gasteiger partial charge in [-0.05, 0) is 68.7 Å². The molecule has 1 fully saturated rings. The molecule has 0 radical (unpaired) electrons. The smallest absolute Gasteiger partial charge is 0.269 e. The van der Waals surface area contributed by atoms with E-state index in [1.165, 1.54) is 12.1 Å². The first-order valence-electron chi connectivity index (χ1n) is 11.6. The Hall–Kier alpha value is -3.78. The molecular formula is C27H28FN4O3+. The molecule has 3 aliphatic rings. The number of fused-ring (bicyclic) bond motifs is 1. The molecule has 2 aromatic carbocycles. The summed E-state index contributed by atoms with van der Waals surface area (Å²) in [5.41, 5.74) is 2.95. The lowest BCUT2D eigenvalue weighted by molar-refractivity contribution is -0.655. The molecule has 1 saturated heterocycles. The first kappa shape index (κ1) is 23.0. The highest BCUT2D eigenvalue weighted by atomic mass is 19.1. The Bertz CT molecular complexity index is 1300. The predicted octanol–water partition coefficient (Wildman–Crippen LogP) is 3.56. The number of carbonyl (C=O) groups is 1. The molecule has 7 nitrogen and oxygen atoms in total. The lowest BCUT2D eigenvalue weighted by Crippen LogP contribution is -3.00. The van der Waals surface area contributed by atoms with Gasteiger partial charge in [-0.3, -0.25) is 14.7 Å². The maximum absolute atomic E-state index is 13.6. The summed E-state index contributed by atoms with van der Waals surface area (Å²) < 4.78 is 25.3. The molecule has 0 saturated carbocycles. The summed E-state index contributed by atoms with van der Waals surface area (Å²) in [6, 6.07) is 12.2. The summed E-state index contributed by atoms with van der Waals surface area (Å²) in [4.78, 5) is 25.0. The molecular weight excluding hydrogens is 447 g/mol. The SMILES string of the molecule is COc1cc(C=C2OC(C)C(=O)N3C2=NCCC3(C)c2ccc(F)cc2)ccc1[NH+]1C=NC(C)=C1. The van der Waals surface area contributed by atoms with Crippen molar-refractivity contribution >= 4 is 29.8 Å². The molecule has 0 spiro atoms. The van der Waals surface area contributed by atoms with E-state index in [4.69, 9.17) is 9.47 Å². The summed E-state index contributed by atoms with van der Waals surface area (Å²) >= 11 is 0. The molecule has 3 atom stereocenters. The third kappa shape index (κ3) is 4.04. The van der Waals surface area contributed by atoms with Gasteiger partial charge in [0.25, 0.3) is 5.91 Å². The number of hydrogen-bond acceptors (Lipinski definition) is 5. The number of rotatable bonds is 4. The van der Waals surface area contributed by atoms with Crippen molar-refractivity contribution in [2.75, 3.05) is 13.7 Å². The van der Waals surface area contributed by atoms with Crippen molar-refractivity contribution in [2.24, 2.45) is 9.98 Å². The van der Waals surface area contributed by atoms with Crippen molar-refractivity contribution in [1.82, 2.24) is 4.90 Å². The largest absolute Gasteiger partial charge is 0.491 e. The normalized spacial score (nSPS) is 26.8. The number of nitrogens with one attached hydrogen (secondary N) is 1. The van der Waals surface area contributed by atoms with Gasteiger partial charge in [-0.1, -0.05) is 12.1 Å². The number of benzene rings is 2. The monoisotopic (exact) mass is 475 g/mol. The van der Waals surface area contributed by atoms with Crippen molar-refractivity contribution in [2.45, 2.75) is 38.8 Å². The molecule has 35 heavy (non-hydrogen) atoms. The maximum atomic E-state index is 13.6. The van der Waals surface area contributed by atoms with Crippen LogP contribution >= 0.6 is 0 Å². The van der Waals surface area contributed by atoms with Crippen molar-refractivity contribution in [3.8, 4) is 5.75 Å². The van der Waals surface area contributed by atoms with Crippen molar-refractivity contribution < 1.29 is 23.6 Å². The zero-order chi connectivity index (χ0) is 24.7. The van der Waals surface area contributed by atoms with E-state index in [1.807, 2.05) is 50.7 Å². The van der Waals surface area contributed by atoms with Crippen molar-refractivity contribution in [1.29, 1.82) is 0 Å². The van der Waals surface area contributed by atoms with Crippen molar-refractivity contribution in [3.63, 3.8) is 0 Å². The topological polar surface area (TPSA) is 67.9 Å². The van der Waals surface area contributed by atoms with E-state index >= 15 is 0 Å². The second kappa shape index (κ2) is 8.78. The molecule has 180 valence electrons. The predicted molar refractivity (Wildman–Crippen MR) is 132 cm³/mol. The van der Waals surface area contributed by atoms with Gasteiger partial charge in [0, 0.05) is 12.6 Å². The van der Waals surface area contributed by atoms with E-state index < -0.39 is 11.6 Å². The molecule has 3 aliphatic heterocycles. The van der Waals surface area contributed by atoms with E-state index in [2.05, 4.69) is 9.98 Å². The van der Waals surface area contributed by atoms with Gasteiger partial charge >= 0.3 is 0 Å². The number of carbonyl (C=O) groups excluding carboxylic acids is 1. The van der Waals surface area contributed by atoms with Crippen LogP contribution < -0.4 is 9.64 Å². The number of amidine groups is 1. The van der Waals surface area contributed by atoms with Gasteiger partial charge in [0.2, 0.25) is 0 Å². The summed E-state index contributed by atoms with van der Waals surface area (Å²) in [5.74, 6) is 1.25. The minimum atomic E-state index is -0.683. The third-order valence-corrected chi connectivity index (χ3v) is 6.73. The van der Waals surface area contributed by atoms with E-state index in [1.54, 1.807) is 31.1 Å². The number of ether oxygens (including phenoxy) is 2. The molecule has 1 N–H and O–H groups in total. The second-order valence-electron chi connectivity index (χ2n) is 9.14. The quantitative estimate of drug-likeness (QED) is 0.735. The number of amides is 1. The zero-order valence-corrected chi connectivity index (χ0v) is 20.2. The summed E-state index contributed by atoms with van der Waals surface area (Å²) in [6.07, 6.45) is 5.67. The van der Waals surface area contributed by atoms with Crippen LogP contribution in [0.4, 0.5) is 10.1 Å². The van der Waals surface area contributed by atoms with Crippen LogP contribution in [0.25, 0.3) is 6.08 Å². The molecule has 0 aromatic heterocycles. The average molecular weight is 476 g/mol. The number of nitrogens with zero attached hydrogens (tertiary/aromatic N) is 3. The van der Waals surface area contributed by atoms with Crippen LogP contribution in [0.1, 0.15) is 38.3 Å². The Kier molecular flexibility index (Phi) is 5.76. The molecule has 2 aromatic rings. The molecule has 0 aliphatic carbocycles. The number of quaternary nitrogens is 1. The Balaban J connectivity index is 1.53. The number of halogens is 1. The average Bonchev–Trinajstić information content (AvgIpc) is 3.28. The fourth-order valence-corrected chi connectivity index (χ4v) is 4.79. The van der Waals surface area contributed by atoms with Gasteiger partial charge in [-0.15, -0.1) is 0 Å². The van der Waals surface area contributed by atoms with Gasteiger partial charge in [0.1, 0.15) is 12.0 Å². The molecule has 3 unspecified atom stereocenters. The number of morpholine rings is 1. The maximum Gasteiger partial charge on any atom is 0.269 e. The summed E-state index contributed by atoms with van der Waals surface area (Å²) in [7, 11) is 1.64. The Morgan fingerprint density at radius 2 is 2.03 bits per heavy atom. The Morgan fingerprint density at radius 1 is 1.26 bits per heavy atom. The van der Waals surface area contributed by atoms with Gasteiger partial charge < -0.3 is 9.47 Å². The Labute approximate surface area is 203 Å². The number of allylic oxidation sites excluding steroid dienone is 1.